The lowest BCUT2D eigenvalue weighted by atomic mass is 10.2. The standard InChI is InChI=1S/C13H14F2N2Si/c1-18(2,3)9-6-7-16-11(8-9)10-4-5-12(14)17-13(10)15/h4-8H,1-3H3. The zero-order valence-corrected chi connectivity index (χ0v) is 11.5. The molecule has 0 aliphatic rings. The molecule has 0 radical (unpaired) electrons. The summed E-state index contributed by atoms with van der Waals surface area (Å²) >= 11 is 0. The zero-order valence-electron chi connectivity index (χ0n) is 10.5. The lowest BCUT2D eigenvalue weighted by Gasteiger charge is -2.17. The fraction of sp³-hybridized carbons (Fsp3) is 0.231. The summed E-state index contributed by atoms with van der Waals surface area (Å²) in [5, 5.41) is 1.18. The molecule has 0 amide bonds. The molecular formula is C13H14F2N2Si. The minimum Gasteiger partial charge on any atom is -0.256 e. The largest absolute Gasteiger partial charge is 0.256 e. The van der Waals surface area contributed by atoms with E-state index in [0.717, 1.165) is 6.07 Å². The third-order valence-electron chi connectivity index (χ3n) is 2.72. The van der Waals surface area contributed by atoms with Gasteiger partial charge in [0.15, 0.2) is 0 Å². The Hall–Kier alpha value is -1.62. The number of halogens is 2. The maximum absolute atomic E-state index is 13.6. The van der Waals surface area contributed by atoms with Crippen LogP contribution in [0.2, 0.25) is 19.6 Å². The predicted molar refractivity (Wildman–Crippen MR) is 70.4 cm³/mol. The van der Waals surface area contributed by atoms with Crippen LogP contribution >= 0.6 is 0 Å². The minimum atomic E-state index is -1.48. The van der Waals surface area contributed by atoms with Crippen molar-refractivity contribution in [2.45, 2.75) is 19.6 Å². The summed E-state index contributed by atoms with van der Waals surface area (Å²) in [4.78, 5) is 7.31. The van der Waals surface area contributed by atoms with Crippen molar-refractivity contribution in [2.24, 2.45) is 0 Å². The van der Waals surface area contributed by atoms with E-state index in [2.05, 4.69) is 29.6 Å². The maximum Gasteiger partial charge on any atom is 0.224 e. The molecule has 0 aliphatic heterocycles. The highest BCUT2D eigenvalue weighted by Gasteiger charge is 2.18. The average Bonchev–Trinajstić information content (AvgIpc) is 2.28. The molecule has 2 nitrogen and oxygen atoms in total. The van der Waals surface area contributed by atoms with Crippen molar-refractivity contribution in [3.8, 4) is 11.3 Å². The first-order valence-electron chi connectivity index (χ1n) is 5.67. The maximum atomic E-state index is 13.6. The van der Waals surface area contributed by atoms with E-state index < -0.39 is 20.0 Å². The van der Waals surface area contributed by atoms with Gasteiger partial charge in [0.25, 0.3) is 0 Å². The summed E-state index contributed by atoms with van der Waals surface area (Å²) in [7, 11) is -1.48. The molecule has 2 aromatic heterocycles. The van der Waals surface area contributed by atoms with E-state index in [1.54, 1.807) is 6.20 Å². The first kappa shape index (κ1) is 12.8. The number of nitrogens with zero attached hydrogens (tertiary/aromatic N) is 2. The predicted octanol–water partition coefficient (Wildman–Crippen LogP) is 2.97. The fourth-order valence-corrected chi connectivity index (χ4v) is 2.79. The van der Waals surface area contributed by atoms with Crippen molar-refractivity contribution >= 4 is 13.3 Å². The summed E-state index contributed by atoms with van der Waals surface area (Å²) in [5.74, 6) is -1.65. The van der Waals surface area contributed by atoms with Gasteiger partial charge in [-0.1, -0.05) is 24.8 Å². The topological polar surface area (TPSA) is 25.8 Å². The van der Waals surface area contributed by atoms with Crippen molar-refractivity contribution in [3.05, 3.63) is 42.4 Å². The Bertz CT molecular complexity index is 579. The Morgan fingerprint density at radius 1 is 1.06 bits per heavy atom. The highest BCUT2D eigenvalue weighted by molar-refractivity contribution is 6.88. The molecule has 2 rings (SSSR count). The lowest BCUT2D eigenvalue weighted by molar-refractivity contribution is 0.515. The molecule has 0 aromatic carbocycles. The molecule has 2 aromatic rings. The van der Waals surface area contributed by atoms with Gasteiger partial charge in [-0.05, 0) is 24.3 Å². The van der Waals surface area contributed by atoms with E-state index in [-0.39, 0.29) is 5.56 Å². The molecule has 5 heteroatoms. The van der Waals surface area contributed by atoms with Gasteiger partial charge in [0, 0.05) is 6.20 Å². The highest BCUT2D eigenvalue weighted by Crippen LogP contribution is 2.19. The molecule has 0 N–H and O–H groups in total. The van der Waals surface area contributed by atoms with Gasteiger partial charge in [0.05, 0.1) is 19.3 Å². The van der Waals surface area contributed by atoms with Gasteiger partial charge in [0.1, 0.15) is 0 Å². The third-order valence-corrected chi connectivity index (χ3v) is 4.76. The SMILES string of the molecule is C[Si](C)(C)c1ccnc(-c2ccc(F)nc2F)c1. The lowest BCUT2D eigenvalue weighted by Crippen LogP contribution is -2.37. The van der Waals surface area contributed by atoms with Crippen molar-refractivity contribution in [1.82, 2.24) is 9.97 Å². The minimum absolute atomic E-state index is 0.233. The molecule has 18 heavy (non-hydrogen) atoms. The molecule has 0 unspecified atom stereocenters. The third kappa shape index (κ3) is 2.61. The molecule has 0 fully saturated rings. The number of aromatic nitrogens is 2. The summed E-state index contributed by atoms with van der Waals surface area (Å²) < 4.78 is 26.4. The fourth-order valence-electron chi connectivity index (χ4n) is 1.65. The van der Waals surface area contributed by atoms with Crippen molar-refractivity contribution in [2.75, 3.05) is 0 Å². The Labute approximate surface area is 106 Å². The molecule has 0 aliphatic carbocycles. The van der Waals surface area contributed by atoms with E-state index in [0.29, 0.717) is 5.69 Å². The molecule has 0 spiro atoms. The molecule has 2 heterocycles. The second-order valence-electron chi connectivity index (χ2n) is 5.15. The summed E-state index contributed by atoms with van der Waals surface area (Å²) in [6.45, 7) is 6.60. The first-order chi connectivity index (χ1) is 8.38. The van der Waals surface area contributed by atoms with E-state index >= 15 is 0 Å². The summed E-state index contributed by atoms with van der Waals surface area (Å²) in [5.41, 5.74) is 0.733. The van der Waals surface area contributed by atoms with Crippen LogP contribution in [0, 0.1) is 11.9 Å². The van der Waals surface area contributed by atoms with Crippen LogP contribution in [0.25, 0.3) is 11.3 Å². The van der Waals surface area contributed by atoms with Crippen molar-refractivity contribution in [1.29, 1.82) is 0 Å². The highest BCUT2D eigenvalue weighted by atomic mass is 28.3. The van der Waals surface area contributed by atoms with E-state index in [9.17, 15) is 8.78 Å². The molecule has 0 atom stereocenters. The van der Waals surface area contributed by atoms with E-state index in [1.807, 2.05) is 12.1 Å². The molecule has 0 saturated carbocycles. The van der Waals surface area contributed by atoms with Crippen molar-refractivity contribution in [3.63, 3.8) is 0 Å². The van der Waals surface area contributed by atoms with Gasteiger partial charge in [-0.2, -0.15) is 13.8 Å². The van der Waals surface area contributed by atoms with Gasteiger partial charge >= 0.3 is 0 Å². The van der Waals surface area contributed by atoms with Crippen LogP contribution in [0.1, 0.15) is 0 Å². The molecule has 0 saturated heterocycles. The Morgan fingerprint density at radius 2 is 1.78 bits per heavy atom. The zero-order chi connectivity index (χ0) is 13.3. The second-order valence-corrected chi connectivity index (χ2v) is 10.2. The molecule has 94 valence electrons. The smallest absolute Gasteiger partial charge is 0.224 e. The van der Waals surface area contributed by atoms with Crippen LogP contribution in [0.15, 0.2) is 30.5 Å². The Kier molecular flexibility index (Phi) is 3.25. The van der Waals surface area contributed by atoms with Gasteiger partial charge in [-0.15, -0.1) is 0 Å². The molecular weight excluding hydrogens is 250 g/mol. The number of hydrogen-bond acceptors (Lipinski definition) is 2. The molecule has 0 bridgehead atoms. The Balaban J connectivity index is 2.51. The Morgan fingerprint density at radius 3 is 2.39 bits per heavy atom. The van der Waals surface area contributed by atoms with Gasteiger partial charge in [-0.3, -0.25) is 4.98 Å². The summed E-state index contributed by atoms with van der Waals surface area (Å²) in [6, 6.07) is 6.32. The van der Waals surface area contributed by atoms with Crippen LogP contribution in [-0.4, -0.2) is 18.0 Å². The van der Waals surface area contributed by atoms with Crippen LogP contribution < -0.4 is 5.19 Å². The van der Waals surface area contributed by atoms with Crippen LogP contribution in [0.3, 0.4) is 0 Å². The van der Waals surface area contributed by atoms with E-state index in [4.69, 9.17) is 0 Å². The number of pyridine rings is 2. The van der Waals surface area contributed by atoms with Crippen LogP contribution in [-0.2, 0) is 0 Å². The van der Waals surface area contributed by atoms with Crippen LogP contribution in [0.4, 0.5) is 8.78 Å². The van der Waals surface area contributed by atoms with E-state index in [1.165, 1.54) is 11.3 Å². The first-order valence-corrected chi connectivity index (χ1v) is 9.17. The summed E-state index contributed by atoms with van der Waals surface area (Å²) in [6.07, 6.45) is 1.66. The van der Waals surface area contributed by atoms with Gasteiger partial charge in [-0.25, -0.2) is 0 Å². The normalized spacial score (nSPS) is 11.6. The van der Waals surface area contributed by atoms with Gasteiger partial charge in [0.2, 0.25) is 11.9 Å². The second kappa shape index (κ2) is 4.57. The number of hydrogen-bond donors (Lipinski definition) is 0. The van der Waals surface area contributed by atoms with Crippen molar-refractivity contribution < 1.29 is 8.78 Å². The van der Waals surface area contributed by atoms with Gasteiger partial charge < -0.3 is 0 Å². The van der Waals surface area contributed by atoms with Crippen LogP contribution in [0.5, 0.6) is 0 Å². The number of rotatable bonds is 2. The quantitative estimate of drug-likeness (QED) is 0.615. The monoisotopic (exact) mass is 264 g/mol. The average molecular weight is 264 g/mol.